The third-order valence-electron chi connectivity index (χ3n) is 8.54. The van der Waals surface area contributed by atoms with Crippen LogP contribution in [0, 0.1) is 5.92 Å². The molecule has 6 nitrogen and oxygen atoms in total. The van der Waals surface area contributed by atoms with Crippen LogP contribution in [0.15, 0.2) is 52.1 Å². The monoisotopic (exact) mass is 683 g/mol. The third kappa shape index (κ3) is 6.75. The molecule has 5 rings (SSSR count). The van der Waals surface area contributed by atoms with Crippen molar-refractivity contribution in [2.45, 2.75) is 60.8 Å². The van der Waals surface area contributed by atoms with Gasteiger partial charge in [0.15, 0.2) is 0 Å². The zero-order valence-corrected chi connectivity index (χ0v) is 25.8. The molecule has 2 fully saturated rings. The molecule has 1 aromatic carbocycles. The highest BCUT2D eigenvalue weighted by molar-refractivity contribution is 14.1. The quantitative estimate of drug-likeness (QED) is 0.269. The summed E-state index contributed by atoms with van der Waals surface area (Å²) in [6.07, 6.45) is 15.0. The minimum Gasteiger partial charge on any atom is -0.379 e. The second kappa shape index (κ2) is 13.1. The maximum Gasteiger partial charge on any atom is 0.328 e. The van der Waals surface area contributed by atoms with Crippen molar-refractivity contribution in [3.8, 4) is 0 Å². The lowest BCUT2D eigenvalue weighted by Gasteiger charge is -2.39. The Morgan fingerprint density at radius 1 is 1.05 bits per heavy atom. The van der Waals surface area contributed by atoms with E-state index in [4.69, 9.17) is 27.9 Å². The zero-order valence-electron chi connectivity index (χ0n) is 22.1. The average Bonchev–Trinajstić information content (AvgIpc) is 2.95. The van der Waals surface area contributed by atoms with E-state index in [1.54, 1.807) is 6.07 Å². The number of hydrogen-bond donors (Lipinski definition) is 1. The highest BCUT2D eigenvalue weighted by Gasteiger charge is 2.37. The number of H-pyrrole nitrogens is 1. The van der Waals surface area contributed by atoms with Crippen LogP contribution >= 0.6 is 45.8 Å². The van der Waals surface area contributed by atoms with E-state index < -0.39 is 0 Å². The van der Waals surface area contributed by atoms with E-state index in [9.17, 15) is 9.59 Å². The first-order chi connectivity index (χ1) is 18.9. The summed E-state index contributed by atoms with van der Waals surface area (Å²) in [4.78, 5) is 32.7. The molecule has 9 heteroatoms. The lowest BCUT2D eigenvalue weighted by Crippen LogP contribution is -2.41. The molecule has 1 unspecified atom stereocenters. The van der Waals surface area contributed by atoms with E-state index >= 15 is 0 Å². The summed E-state index contributed by atoms with van der Waals surface area (Å²) in [5, 5.41) is 0.927. The van der Waals surface area contributed by atoms with Gasteiger partial charge in [0.25, 0.3) is 5.56 Å². The fourth-order valence-corrected chi connectivity index (χ4v) is 7.75. The van der Waals surface area contributed by atoms with Gasteiger partial charge in [-0.15, -0.1) is 0 Å². The molecule has 3 aliphatic rings. The first kappa shape index (κ1) is 29.1. The van der Waals surface area contributed by atoms with Crippen LogP contribution < -0.4 is 11.2 Å². The highest BCUT2D eigenvalue weighted by atomic mass is 127. The number of morpholine rings is 1. The smallest absolute Gasteiger partial charge is 0.328 e. The number of rotatable bonds is 8. The van der Waals surface area contributed by atoms with Gasteiger partial charge in [-0.2, -0.15) is 0 Å². The standard InChI is InChI=1S/C30H36Cl2IN3O3/c31-25-7-4-6-22(26(25)32)20-24-27(21-8-10-23(11-9-21)30(33)12-2-1-3-13-30)34-29(38)36(28(24)37)15-5-14-35-16-18-39-19-17-35/h1-4,6-7,12,21,23H,5,8-11,13-20H2,(H,34,38)/t21-,23-,30?. The van der Waals surface area contributed by atoms with E-state index in [0.717, 1.165) is 82.6 Å². The minimum absolute atomic E-state index is 0.140. The number of nitrogens with zero attached hydrogens (tertiary/aromatic N) is 2. The van der Waals surface area contributed by atoms with Gasteiger partial charge in [0, 0.05) is 47.3 Å². The second-order valence-corrected chi connectivity index (χ2v) is 13.7. The van der Waals surface area contributed by atoms with Gasteiger partial charge < -0.3 is 9.72 Å². The predicted octanol–water partition coefficient (Wildman–Crippen LogP) is 6.12. The molecule has 0 spiro atoms. The van der Waals surface area contributed by atoms with E-state index in [1.165, 1.54) is 4.57 Å². The topological polar surface area (TPSA) is 67.3 Å². The fraction of sp³-hybridized carbons (Fsp3) is 0.533. The van der Waals surface area contributed by atoms with Gasteiger partial charge in [-0.3, -0.25) is 14.3 Å². The van der Waals surface area contributed by atoms with Crippen LogP contribution in [-0.4, -0.2) is 50.7 Å². The molecule has 2 aromatic rings. The predicted molar refractivity (Wildman–Crippen MR) is 167 cm³/mol. The van der Waals surface area contributed by atoms with E-state index in [2.05, 4.69) is 56.8 Å². The second-order valence-electron chi connectivity index (χ2n) is 10.9. The summed E-state index contributed by atoms with van der Waals surface area (Å²) in [5.74, 6) is 0.717. The summed E-state index contributed by atoms with van der Waals surface area (Å²) >= 11 is 15.5. The van der Waals surface area contributed by atoms with E-state index in [1.807, 2.05) is 12.1 Å². The average molecular weight is 684 g/mol. The van der Waals surface area contributed by atoms with Crippen molar-refractivity contribution in [3.05, 3.63) is 90.2 Å². The number of hydrogen-bond acceptors (Lipinski definition) is 4. The number of alkyl halides is 1. The molecule has 2 aliphatic carbocycles. The van der Waals surface area contributed by atoms with Crippen LogP contribution in [0.1, 0.15) is 61.3 Å². The van der Waals surface area contributed by atoms with Crippen LogP contribution in [0.4, 0.5) is 0 Å². The number of aromatic nitrogens is 2. The molecular weight excluding hydrogens is 648 g/mol. The lowest BCUT2D eigenvalue weighted by molar-refractivity contribution is 0.0368. The number of nitrogens with one attached hydrogen (secondary N) is 1. The van der Waals surface area contributed by atoms with Crippen LogP contribution in [0.25, 0.3) is 0 Å². The molecule has 0 bridgehead atoms. The normalized spacial score (nSPS) is 25.7. The summed E-state index contributed by atoms with van der Waals surface area (Å²) in [6, 6.07) is 5.51. The highest BCUT2D eigenvalue weighted by Crippen LogP contribution is 2.47. The molecule has 1 aliphatic heterocycles. The van der Waals surface area contributed by atoms with Crippen LogP contribution in [-0.2, 0) is 17.7 Å². The molecule has 1 saturated heterocycles. The maximum atomic E-state index is 13.9. The molecule has 210 valence electrons. The Morgan fingerprint density at radius 2 is 1.82 bits per heavy atom. The van der Waals surface area contributed by atoms with Crippen molar-refractivity contribution in [1.29, 1.82) is 0 Å². The molecular formula is C30H36Cl2IN3O3. The first-order valence-corrected chi connectivity index (χ1v) is 15.8. The van der Waals surface area contributed by atoms with Gasteiger partial charge in [0.2, 0.25) is 0 Å². The van der Waals surface area contributed by atoms with E-state index in [0.29, 0.717) is 34.5 Å². The number of benzene rings is 1. The van der Waals surface area contributed by atoms with Crippen LogP contribution in [0.2, 0.25) is 10.0 Å². The molecule has 1 atom stereocenters. The summed E-state index contributed by atoms with van der Waals surface area (Å²) in [5.41, 5.74) is 1.70. The first-order valence-electron chi connectivity index (χ1n) is 14.0. The van der Waals surface area contributed by atoms with Crippen molar-refractivity contribution in [1.82, 2.24) is 14.5 Å². The van der Waals surface area contributed by atoms with Crippen molar-refractivity contribution in [3.63, 3.8) is 0 Å². The molecule has 39 heavy (non-hydrogen) atoms. The molecule has 1 aromatic heterocycles. The summed E-state index contributed by atoms with van der Waals surface area (Å²) in [7, 11) is 0. The Bertz CT molecular complexity index is 1340. The van der Waals surface area contributed by atoms with Crippen molar-refractivity contribution < 1.29 is 4.74 Å². The number of halogens is 3. The Morgan fingerprint density at radius 3 is 2.54 bits per heavy atom. The number of ether oxygens (including phenoxy) is 1. The number of allylic oxidation sites excluding steroid dienone is 4. The minimum atomic E-state index is -0.314. The molecule has 2 heterocycles. The van der Waals surface area contributed by atoms with Gasteiger partial charge >= 0.3 is 5.69 Å². The zero-order chi connectivity index (χ0) is 27.4. The van der Waals surface area contributed by atoms with Crippen LogP contribution in [0.3, 0.4) is 0 Å². The Kier molecular flexibility index (Phi) is 9.75. The Hall–Kier alpha value is -1.39. The molecule has 0 radical (unpaired) electrons. The van der Waals surface area contributed by atoms with Gasteiger partial charge in [0.1, 0.15) is 0 Å². The fourth-order valence-electron chi connectivity index (χ4n) is 6.28. The SMILES string of the molecule is O=c1[nH]c([C@H]2CC[C@H](C3(I)C=CC=CC3)CC2)c(Cc2cccc(Cl)c2Cl)c(=O)n1CCCN1CCOCC1. The Balaban J connectivity index is 1.40. The van der Waals surface area contributed by atoms with E-state index in [-0.39, 0.29) is 20.6 Å². The van der Waals surface area contributed by atoms with Gasteiger partial charge in [-0.05, 0) is 62.0 Å². The summed E-state index contributed by atoms with van der Waals surface area (Å²) < 4.78 is 6.95. The van der Waals surface area contributed by atoms with Crippen molar-refractivity contribution in [2.24, 2.45) is 5.92 Å². The maximum absolute atomic E-state index is 13.9. The van der Waals surface area contributed by atoms with Crippen LogP contribution in [0.5, 0.6) is 0 Å². The molecule has 1 saturated carbocycles. The molecule has 1 N–H and O–H groups in total. The van der Waals surface area contributed by atoms with Crippen molar-refractivity contribution >= 4 is 45.8 Å². The summed E-state index contributed by atoms with van der Waals surface area (Å²) in [6.45, 7) is 4.44. The number of aromatic amines is 1. The third-order valence-corrected chi connectivity index (χ3v) is 11.1. The molecule has 0 amide bonds. The Labute approximate surface area is 253 Å². The lowest BCUT2D eigenvalue weighted by atomic mass is 9.72. The van der Waals surface area contributed by atoms with Crippen molar-refractivity contribution in [2.75, 3.05) is 32.8 Å². The van der Waals surface area contributed by atoms with Gasteiger partial charge in [-0.1, -0.05) is 82.2 Å². The largest absolute Gasteiger partial charge is 0.379 e. The van der Waals surface area contributed by atoms with Gasteiger partial charge in [0.05, 0.1) is 23.3 Å². The van der Waals surface area contributed by atoms with Gasteiger partial charge in [-0.25, -0.2) is 4.79 Å².